The number of nitro groups is 1. The lowest BCUT2D eigenvalue weighted by atomic mass is 10.1. The van der Waals surface area contributed by atoms with E-state index < -0.39 is 34.1 Å². The number of hydrogen-bond acceptors (Lipinski definition) is 3. The van der Waals surface area contributed by atoms with Crippen molar-refractivity contribution in [2.45, 2.75) is 13.0 Å². The molecule has 2 rings (SSSR count). The molecule has 110 valence electrons. The molecule has 1 unspecified atom stereocenters. The minimum Gasteiger partial charge on any atom is -0.373 e. The summed E-state index contributed by atoms with van der Waals surface area (Å²) in [6.45, 7) is 1.58. The summed E-state index contributed by atoms with van der Waals surface area (Å²) in [5.41, 5.74) is -0.0941. The van der Waals surface area contributed by atoms with Crippen molar-refractivity contribution in [1.29, 1.82) is 0 Å². The van der Waals surface area contributed by atoms with Gasteiger partial charge in [0.15, 0.2) is 0 Å². The summed E-state index contributed by atoms with van der Waals surface area (Å²) in [7, 11) is 0. The number of nitrogens with zero attached hydrogens (tertiary/aromatic N) is 1. The van der Waals surface area contributed by atoms with E-state index in [0.29, 0.717) is 0 Å². The number of hydrogen-bond donors (Lipinski definition) is 1. The van der Waals surface area contributed by atoms with Gasteiger partial charge < -0.3 is 5.32 Å². The summed E-state index contributed by atoms with van der Waals surface area (Å²) < 4.78 is 39.4. The molecule has 2 aromatic carbocycles. The maximum absolute atomic E-state index is 13.2. The van der Waals surface area contributed by atoms with Crippen LogP contribution in [-0.4, -0.2) is 4.92 Å². The van der Waals surface area contributed by atoms with Crippen LogP contribution >= 0.6 is 0 Å². The van der Waals surface area contributed by atoms with Gasteiger partial charge in [0.05, 0.1) is 11.0 Å². The Labute approximate surface area is 118 Å². The van der Waals surface area contributed by atoms with Gasteiger partial charge in [-0.05, 0) is 36.8 Å². The lowest BCUT2D eigenvalue weighted by molar-refractivity contribution is -0.384. The first-order chi connectivity index (χ1) is 9.86. The van der Waals surface area contributed by atoms with E-state index in [1.165, 1.54) is 6.07 Å². The lowest BCUT2D eigenvalue weighted by Gasteiger charge is -2.16. The summed E-state index contributed by atoms with van der Waals surface area (Å²) in [6, 6.07) is 5.43. The van der Waals surface area contributed by atoms with Crippen LogP contribution in [-0.2, 0) is 0 Å². The molecule has 21 heavy (non-hydrogen) atoms. The zero-order valence-electron chi connectivity index (χ0n) is 10.9. The first-order valence-corrected chi connectivity index (χ1v) is 6.03. The lowest BCUT2D eigenvalue weighted by Crippen LogP contribution is -2.09. The highest BCUT2D eigenvalue weighted by molar-refractivity contribution is 5.62. The quantitative estimate of drug-likeness (QED) is 0.680. The molecule has 0 saturated carbocycles. The topological polar surface area (TPSA) is 55.2 Å². The van der Waals surface area contributed by atoms with Crippen LogP contribution in [0.2, 0.25) is 0 Å². The standard InChI is InChI=1S/C14H11F3N2O2/c1-8(9-4-11(16)6-12(17)5-9)18-13-3-2-10(15)7-14(13)19(20)21/h2-8,18H,1H3. The van der Waals surface area contributed by atoms with Crippen LogP contribution in [0.4, 0.5) is 24.5 Å². The fraction of sp³-hybridized carbons (Fsp3) is 0.143. The Hall–Kier alpha value is -2.57. The Balaban J connectivity index is 2.31. The summed E-state index contributed by atoms with van der Waals surface area (Å²) in [6.07, 6.45) is 0. The average molecular weight is 296 g/mol. The highest BCUT2D eigenvalue weighted by atomic mass is 19.1. The van der Waals surface area contributed by atoms with E-state index in [1.807, 2.05) is 0 Å². The Morgan fingerprint density at radius 3 is 2.24 bits per heavy atom. The van der Waals surface area contributed by atoms with Gasteiger partial charge in [0, 0.05) is 12.1 Å². The molecule has 1 atom stereocenters. The van der Waals surface area contributed by atoms with Crippen molar-refractivity contribution in [3.05, 3.63) is 69.5 Å². The third-order valence-corrected chi connectivity index (χ3v) is 2.91. The summed E-state index contributed by atoms with van der Waals surface area (Å²) >= 11 is 0. The van der Waals surface area contributed by atoms with Crippen molar-refractivity contribution in [2.24, 2.45) is 0 Å². The monoisotopic (exact) mass is 296 g/mol. The van der Waals surface area contributed by atoms with E-state index in [0.717, 1.165) is 30.3 Å². The molecule has 0 saturated heterocycles. The van der Waals surface area contributed by atoms with Crippen molar-refractivity contribution in [1.82, 2.24) is 0 Å². The number of rotatable bonds is 4. The van der Waals surface area contributed by atoms with E-state index in [9.17, 15) is 23.3 Å². The van der Waals surface area contributed by atoms with Crippen molar-refractivity contribution in [3.8, 4) is 0 Å². The molecule has 0 aliphatic heterocycles. The predicted octanol–water partition coefficient (Wildman–Crippen LogP) is 4.19. The molecule has 0 bridgehead atoms. The third kappa shape index (κ3) is 3.50. The molecule has 0 heterocycles. The van der Waals surface area contributed by atoms with Gasteiger partial charge in [0.1, 0.15) is 23.1 Å². The molecule has 0 spiro atoms. The minimum atomic E-state index is -0.743. The van der Waals surface area contributed by atoms with Crippen LogP contribution in [0.15, 0.2) is 36.4 Å². The molecule has 0 fully saturated rings. The SMILES string of the molecule is CC(Nc1ccc(F)cc1[N+](=O)[O-])c1cc(F)cc(F)c1. The normalized spacial score (nSPS) is 12.0. The summed E-state index contributed by atoms with van der Waals surface area (Å²) in [4.78, 5) is 10.1. The maximum Gasteiger partial charge on any atom is 0.295 e. The molecule has 1 N–H and O–H groups in total. The van der Waals surface area contributed by atoms with Crippen LogP contribution in [0.1, 0.15) is 18.5 Å². The van der Waals surface area contributed by atoms with E-state index in [4.69, 9.17) is 0 Å². The highest BCUT2D eigenvalue weighted by Crippen LogP contribution is 2.29. The highest BCUT2D eigenvalue weighted by Gasteiger charge is 2.17. The largest absolute Gasteiger partial charge is 0.373 e. The minimum absolute atomic E-state index is 0.0681. The fourth-order valence-corrected chi connectivity index (χ4v) is 1.92. The summed E-state index contributed by atoms with van der Waals surface area (Å²) in [5.74, 6) is -2.23. The van der Waals surface area contributed by atoms with Gasteiger partial charge in [-0.15, -0.1) is 0 Å². The fourth-order valence-electron chi connectivity index (χ4n) is 1.92. The molecular weight excluding hydrogens is 285 g/mol. The Kier molecular flexibility index (Phi) is 4.11. The van der Waals surface area contributed by atoms with E-state index in [1.54, 1.807) is 6.92 Å². The maximum atomic E-state index is 13.2. The van der Waals surface area contributed by atoms with Crippen molar-refractivity contribution >= 4 is 11.4 Å². The van der Waals surface area contributed by atoms with Gasteiger partial charge in [-0.2, -0.15) is 0 Å². The first kappa shape index (κ1) is 14.8. The van der Waals surface area contributed by atoms with E-state index in [-0.39, 0.29) is 11.3 Å². The average Bonchev–Trinajstić information content (AvgIpc) is 2.39. The van der Waals surface area contributed by atoms with Gasteiger partial charge in [-0.1, -0.05) is 0 Å². The zero-order valence-corrected chi connectivity index (χ0v) is 10.9. The van der Waals surface area contributed by atoms with Gasteiger partial charge in [0.2, 0.25) is 0 Å². The second kappa shape index (κ2) is 5.82. The van der Waals surface area contributed by atoms with E-state index >= 15 is 0 Å². The second-order valence-electron chi connectivity index (χ2n) is 4.49. The number of benzene rings is 2. The van der Waals surface area contributed by atoms with Gasteiger partial charge >= 0.3 is 0 Å². The van der Waals surface area contributed by atoms with Gasteiger partial charge in [-0.3, -0.25) is 10.1 Å². The van der Waals surface area contributed by atoms with Crippen LogP contribution in [0.5, 0.6) is 0 Å². The van der Waals surface area contributed by atoms with Crippen LogP contribution in [0.25, 0.3) is 0 Å². The van der Waals surface area contributed by atoms with Gasteiger partial charge in [-0.25, -0.2) is 13.2 Å². The zero-order chi connectivity index (χ0) is 15.6. The Morgan fingerprint density at radius 2 is 1.67 bits per heavy atom. The van der Waals surface area contributed by atoms with Crippen molar-refractivity contribution < 1.29 is 18.1 Å². The first-order valence-electron chi connectivity index (χ1n) is 6.03. The number of nitrogens with one attached hydrogen (secondary N) is 1. The van der Waals surface area contributed by atoms with Crippen LogP contribution < -0.4 is 5.32 Å². The third-order valence-electron chi connectivity index (χ3n) is 2.91. The molecule has 0 aliphatic carbocycles. The molecule has 0 aromatic heterocycles. The summed E-state index contributed by atoms with van der Waals surface area (Å²) in [5, 5.41) is 13.6. The molecule has 7 heteroatoms. The predicted molar refractivity (Wildman–Crippen MR) is 71.5 cm³/mol. The number of halogens is 3. The van der Waals surface area contributed by atoms with E-state index in [2.05, 4.69) is 5.32 Å². The van der Waals surface area contributed by atoms with Crippen molar-refractivity contribution in [2.75, 3.05) is 5.32 Å². The molecule has 0 radical (unpaired) electrons. The van der Waals surface area contributed by atoms with Crippen LogP contribution in [0, 0.1) is 27.6 Å². The van der Waals surface area contributed by atoms with Crippen LogP contribution in [0.3, 0.4) is 0 Å². The Bertz CT molecular complexity index is 672. The molecule has 4 nitrogen and oxygen atoms in total. The number of anilines is 1. The number of nitro benzene ring substituents is 1. The molecule has 2 aromatic rings. The second-order valence-corrected chi connectivity index (χ2v) is 4.49. The Morgan fingerprint density at radius 1 is 1.05 bits per heavy atom. The molecular formula is C14H11F3N2O2. The molecule has 0 aliphatic rings. The van der Waals surface area contributed by atoms with Crippen molar-refractivity contribution in [3.63, 3.8) is 0 Å². The smallest absolute Gasteiger partial charge is 0.295 e. The molecule has 0 amide bonds. The van der Waals surface area contributed by atoms with Gasteiger partial charge in [0.25, 0.3) is 5.69 Å².